The topological polar surface area (TPSA) is 73.7 Å². The fraction of sp³-hybridized carbons (Fsp3) is 0.440. The summed E-state index contributed by atoms with van der Waals surface area (Å²) in [7, 11) is -0.762. The van der Waals surface area contributed by atoms with Crippen LogP contribution in [0.5, 0.6) is 11.5 Å². The third-order valence-electron chi connectivity index (χ3n) is 5.95. The van der Waals surface area contributed by atoms with Crippen LogP contribution in [0.3, 0.4) is 0 Å². The number of methoxy groups -OCH3 is 1. The van der Waals surface area contributed by atoms with Gasteiger partial charge in [0.15, 0.2) is 0 Å². The van der Waals surface area contributed by atoms with Gasteiger partial charge in [0, 0.05) is 46.4 Å². The van der Waals surface area contributed by atoms with Crippen LogP contribution in [-0.2, 0) is 16.1 Å². The molecule has 8 heteroatoms. The first kappa shape index (κ1) is 23.4. The van der Waals surface area contributed by atoms with Crippen molar-refractivity contribution < 1.29 is 18.1 Å². The van der Waals surface area contributed by atoms with Gasteiger partial charge in [-0.1, -0.05) is 13.0 Å². The molecule has 1 fully saturated rings. The molecular weight excluding hydrogens is 441 g/mol. The average molecular weight is 472 g/mol. The molecule has 3 aromatic rings. The largest absolute Gasteiger partial charge is 0.496 e. The summed E-state index contributed by atoms with van der Waals surface area (Å²) in [5.41, 5.74) is 2.78. The van der Waals surface area contributed by atoms with Crippen molar-refractivity contribution in [3.05, 3.63) is 53.7 Å². The van der Waals surface area contributed by atoms with E-state index in [2.05, 4.69) is 21.3 Å². The summed E-state index contributed by atoms with van der Waals surface area (Å²) in [5.74, 6) is 1.50. The van der Waals surface area contributed by atoms with Crippen LogP contribution in [0.15, 0.2) is 41.0 Å². The zero-order chi connectivity index (χ0) is 23.6. The second-order valence-electron chi connectivity index (χ2n) is 9.06. The SMILES string of the molecule is COc1cc(N=S(C)(C)=O)cc2ncnc(Cc3ccc(F)cc3OC3CCC(C)CC3)c12. The molecule has 0 spiro atoms. The molecule has 176 valence electrons. The lowest BCUT2D eigenvalue weighted by atomic mass is 9.89. The molecule has 0 bridgehead atoms. The quantitative estimate of drug-likeness (QED) is 0.462. The molecule has 1 aliphatic rings. The first-order valence-electron chi connectivity index (χ1n) is 11.2. The van der Waals surface area contributed by atoms with Crippen molar-refractivity contribution in [3.63, 3.8) is 0 Å². The highest BCUT2D eigenvalue weighted by molar-refractivity contribution is 7.92. The molecular formula is C25H30FN3O3S. The Kier molecular flexibility index (Phi) is 6.83. The van der Waals surface area contributed by atoms with Gasteiger partial charge < -0.3 is 9.47 Å². The van der Waals surface area contributed by atoms with Gasteiger partial charge in [-0.05, 0) is 43.7 Å². The first-order valence-corrected chi connectivity index (χ1v) is 13.5. The number of benzene rings is 2. The second-order valence-corrected chi connectivity index (χ2v) is 11.6. The van der Waals surface area contributed by atoms with Crippen LogP contribution in [0.2, 0.25) is 0 Å². The van der Waals surface area contributed by atoms with Crippen molar-refractivity contribution in [1.82, 2.24) is 9.97 Å². The number of nitrogens with zero attached hydrogens (tertiary/aromatic N) is 3. The molecule has 4 rings (SSSR count). The van der Waals surface area contributed by atoms with E-state index in [0.717, 1.165) is 42.3 Å². The van der Waals surface area contributed by atoms with E-state index in [9.17, 15) is 8.60 Å². The zero-order valence-corrected chi connectivity index (χ0v) is 20.3. The molecule has 0 N–H and O–H groups in total. The third kappa shape index (κ3) is 5.79. The van der Waals surface area contributed by atoms with E-state index in [-0.39, 0.29) is 11.9 Å². The van der Waals surface area contributed by atoms with Crippen LogP contribution in [0.1, 0.15) is 43.9 Å². The number of ether oxygens (including phenoxy) is 2. The Labute approximate surface area is 194 Å². The Morgan fingerprint density at radius 1 is 1.09 bits per heavy atom. The van der Waals surface area contributed by atoms with Crippen LogP contribution in [0, 0.1) is 11.7 Å². The Morgan fingerprint density at radius 2 is 1.85 bits per heavy atom. The van der Waals surface area contributed by atoms with Gasteiger partial charge in [-0.15, -0.1) is 0 Å². The monoisotopic (exact) mass is 471 g/mol. The van der Waals surface area contributed by atoms with Gasteiger partial charge in [0.1, 0.15) is 23.6 Å². The molecule has 0 amide bonds. The predicted octanol–water partition coefficient (Wildman–Crippen LogP) is 5.68. The van der Waals surface area contributed by atoms with Gasteiger partial charge in [0.05, 0.1) is 35.5 Å². The van der Waals surface area contributed by atoms with Gasteiger partial charge in [-0.3, -0.25) is 0 Å². The molecule has 0 unspecified atom stereocenters. The minimum absolute atomic E-state index is 0.0977. The smallest absolute Gasteiger partial charge is 0.132 e. The van der Waals surface area contributed by atoms with Crippen LogP contribution in [-0.4, -0.2) is 39.9 Å². The third-order valence-corrected chi connectivity index (χ3v) is 6.60. The van der Waals surface area contributed by atoms with E-state index in [4.69, 9.17) is 9.47 Å². The lowest BCUT2D eigenvalue weighted by Gasteiger charge is -2.27. The summed E-state index contributed by atoms with van der Waals surface area (Å²) in [6.07, 6.45) is 9.39. The fourth-order valence-electron chi connectivity index (χ4n) is 4.30. The lowest BCUT2D eigenvalue weighted by molar-refractivity contribution is 0.134. The molecule has 0 saturated heterocycles. The molecule has 33 heavy (non-hydrogen) atoms. The van der Waals surface area contributed by atoms with Crippen LogP contribution in [0.25, 0.3) is 10.9 Å². The van der Waals surface area contributed by atoms with E-state index >= 15 is 0 Å². The summed E-state index contributed by atoms with van der Waals surface area (Å²) in [5, 5.41) is 0.749. The van der Waals surface area contributed by atoms with Crippen molar-refractivity contribution >= 4 is 26.3 Å². The van der Waals surface area contributed by atoms with E-state index in [1.807, 2.05) is 0 Å². The number of halogens is 1. The maximum Gasteiger partial charge on any atom is 0.132 e. The number of rotatable bonds is 6. The Morgan fingerprint density at radius 3 is 2.55 bits per heavy atom. The summed E-state index contributed by atoms with van der Waals surface area (Å²) in [4.78, 5) is 8.89. The second kappa shape index (κ2) is 9.63. The summed E-state index contributed by atoms with van der Waals surface area (Å²) >= 11 is 0. The molecule has 0 aliphatic heterocycles. The van der Waals surface area contributed by atoms with Crippen LogP contribution < -0.4 is 9.47 Å². The predicted molar refractivity (Wildman–Crippen MR) is 129 cm³/mol. The van der Waals surface area contributed by atoms with Crippen molar-refractivity contribution in [2.75, 3.05) is 19.6 Å². The van der Waals surface area contributed by atoms with Crippen LogP contribution >= 0.6 is 0 Å². The number of hydrogen-bond acceptors (Lipinski definition) is 6. The summed E-state index contributed by atoms with van der Waals surface area (Å²) in [6.45, 7) is 2.26. The number of hydrogen-bond donors (Lipinski definition) is 0. The van der Waals surface area contributed by atoms with Gasteiger partial charge in [-0.25, -0.2) is 18.6 Å². The van der Waals surface area contributed by atoms with E-state index in [0.29, 0.717) is 35.0 Å². The van der Waals surface area contributed by atoms with E-state index in [1.54, 1.807) is 37.8 Å². The van der Waals surface area contributed by atoms with Gasteiger partial charge in [0.25, 0.3) is 0 Å². The fourth-order valence-corrected chi connectivity index (χ4v) is 4.91. The molecule has 2 aromatic carbocycles. The Balaban J connectivity index is 1.71. The molecule has 1 aromatic heterocycles. The molecule has 1 saturated carbocycles. The Bertz CT molecular complexity index is 1270. The molecule has 6 nitrogen and oxygen atoms in total. The zero-order valence-electron chi connectivity index (χ0n) is 19.5. The van der Waals surface area contributed by atoms with Gasteiger partial charge >= 0.3 is 0 Å². The number of fused-ring (bicyclic) bond motifs is 1. The summed E-state index contributed by atoms with van der Waals surface area (Å²) in [6, 6.07) is 8.18. The summed E-state index contributed by atoms with van der Waals surface area (Å²) < 4.78 is 42.4. The standard InChI is InChI=1S/C25H30FN3O3S/c1-16-5-9-20(10-6-16)32-23-12-18(26)8-7-17(23)11-21-25-22(28-15-27-21)13-19(14-24(25)31-2)29-33(3,4)30/h7-8,12-16,20H,5-6,9-11H2,1-4H3. The van der Waals surface area contributed by atoms with E-state index < -0.39 is 9.73 Å². The lowest BCUT2D eigenvalue weighted by Crippen LogP contribution is -2.23. The van der Waals surface area contributed by atoms with Crippen molar-refractivity contribution in [2.24, 2.45) is 10.3 Å². The average Bonchev–Trinajstić information content (AvgIpc) is 2.75. The van der Waals surface area contributed by atoms with Crippen molar-refractivity contribution in [2.45, 2.75) is 45.1 Å². The maximum atomic E-state index is 14.1. The highest BCUT2D eigenvalue weighted by atomic mass is 32.2. The molecule has 1 aliphatic carbocycles. The van der Waals surface area contributed by atoms with E-state index in [1.165, 1.54) is 18.5 Å². The molecule has 1 heterocycles. The van der Waals surface area contributed by atoms with Crippen LogP contribution in [0.4, 0.5) is 10.1 Å². The Hall–Kier alpha value is -2.74. The minimum atomic E-state index is -2.33. The van der Waals surface area contributed by atoms with Crippen molar-refractivity contribution in [1.29, 1.82) is 0 Å². The van der Waals surface area contributed by atoms with Gasteiger partial charge in [-0.2, -0.15) is 4.36 Å². The highest BCUT2D eigenvalue weighted by Crippen LogP contribution is 2.35. The normalized spacial score (nSPS) is 18.8. The first-order chi connectivity index (χ1) is 15.7. The van der Waals surface area contributed by atoms with Crippen molar-refractivity contribution in [3.8, 4) is 11.5 Å². The highest BCUT2D eigenvalue weighted by Gasteiger charge is 2.21. The number of aromatic nitrogens is 2. The molecule has 0 atom stereocenters. The maximum absolute atomic E-state index is 14.1. The molecule has 0 radical (unpaired) electrons. The van der Waals surface area contributed by atoms with Gasteiger partial charge in [0.2, 0.25) is 0 Å². The minimum Gasteiger partial charge on any atom is -0.496 e.